The second kappa shape index (κ2) is 7.55. The van der Waals surface area contributed by atoms with Crippen LogP contribution in [0.5, 0.6) is 5.75 Å². The van der Waals surface area contributed by atoms with Crippen LogP contribution in [-0.4, -0.2) is 37.7 Å². The summed E-state index contributed by atoms with van der Waals surface area (Å²) in [7, 11) is 2.05. The Morgan fingerprint density at radius 2 is 2.10 bits per heavy atom. The molecule has 1 fully saturated rings. The van der Waals surface area contributed by atoms with E-state index < -0.39 is 6.61 Å². The molecule has 0 radical (unpaired) electrons. The van der Waals surface area contributed by atoms with Crippen LogP contribution in [0.4, 0.5) is 8.78 Å². The molecule has 5 heteroatoms. The van der Waals surface area contributed by atoms with Gasteiger partial charge < -0.3 is 10.1 Å². The predicted octanol–water partition coefficient (Wildman–Crippen LogP) is 2.86. The molecule has 3 nitrogen and oxygen atoms in total. The number of halogens is 2. The minimum absolute atomic E-state index is 0.279. The lowest BCUT2D eigenvalue weighted by Crippen LogP contribution is -2.32. The molecule has 1 aliphatic heterocycles. The van der Waals surface area contributed by atoms with E-state index in [1.54, 1.807) is 12.1 Å². The van der Waals surface area contributed by atoms with E-state index in [1.807, 2.05) is 12.1 Å². The van der Waals surface area contributed by atoms with Crippen LogP contribution >= 0.6 is 0 Å². The molecule has 0 bridgehead atoms. The highest BCUT2D eigenvalue weighted by Crippen LogP contribution is 2.23. The number of rotatable bonds is 5. The van der Waals surface area contributed by atoms with Crippen LogP contribution in [0.3, 0.4) is 0 Å². The molecule has 1 heterocycles. The van der Waals surface area contributed by atoms with Gasteiger partial charge in [-0.25, -0.2) is 0 Å². The quantitative estimate of drug-likeness (QED) is 0.900. The van der Waals surface area contributed by atoms with Gasteiger partial charge in [0.2, 0.25) is 0 Å². The van der Waals surface area contributed by atoms with Gasteiger partial charge in [0, 0.05) is 18.2 Å². The molecule has 1 aromatic rings. The Morgan fingerprint density at radius 3 is 2.90 bits per heavy atom. The van der Waals surface area contributed by atoms with Crippen LogP contribution in [0.1, 0.15) is 24.8 Å². The zero-order valence-electron chi connectivity index (χ0n) is 11.8. The molecule has 0 aromatic heterocycles. The van der Waals surface area contributed by atoms with Crippen molar-refractivity contribution in [3.8, 4) is 5.75 Å². The lowest BCUT2D eigenvalue weighted by atomic mass is 10.1. The van der Waals surface area contributed by atoms with Crippen molar-refractivity contribution in [2.75, 3.05) is 20.1 Å². The van der Waals surface area contributed by atoms with E-state index in [4.69, 9.17) is 0 Å². The van der Waals surface area contributed by atoms with Crippen LogP contribution in [0.2, 0.25) is 0 Å². The highest BCUT2D eigenvalue weighted by atomic mass is 19.3. The smallest absolute Gasteiger partial charge is 0.387 e. The van der Waals surface area contributed by atoms with Gasteiger partial charge in [0.05, 0.1) is 0 Å². The van der Waals surface area contributed by atoms with Crippen molar-refractivity contribution in [2.45, 2.75) is 38.5 Å². The fourth-order valence-electron chi connectivity index (χ4n) is 2.68. The van der Waals surface area contributed by atoms with Crippen LogP contribution < -0.4 is 10.1 Å². The number of ether oxygens (including phenoxy) is 1. The van der Waals surface area contributed by atoms with E-state index in [0.717, 1.165) is 37.9 Å². The van der Waals surface area contributed by atoms with Crippen LogP contribution in [0, 0.1) is 0 Å². The molecule has 112 valence electrons. The van der Waals surface area contributed by atoms with Crippen LogP contribution in [0.25, 0.3) is 0 Å². The molecule has 0 amide bonds. The minimum Gasteiger partial charge on any atom is -0.434 e. The van der Waals surface area contributed by atoms with Gasteiger partial charge in [-0.3, -0.25) is 4.90 Å². The molecule has 0 aliphatic carbocycles. The molecule has 20 heavy (non-hydrogen) atoms. The summed E-state index contributed by atoms with van der Waals surface area (Å²) in [6, 6.07) is 7.52. The predicted molar refractivity (Wildman–Crippen MR) is 75.0 cm³/mol. The number of nitrogens with zero attached hydrogens (tertiary/aromatic N) is 1. The second-order valence-corrected chi connectivity index (χ2v) is 5.24. The Balaban J connectivity index is 2.00. The molecule has 0 saturated carbocycles. The first-order valence-corrected chi connectivity index (χ1v) is 7.10. The number of hydrogen-bond donors (Lipinski definition) is 1. The third-order valence-corrected chi connectivity index (χ3v) is 3.78. The Kier molecular flexibility index (Phi) is 5.73. The summed E-state index contributed by atoms with van der Waals surface area (Å²) < 4.78 is 29.4. The topological polar surface area (TPSA) is 24.5 Å². The Labute approximate surface area is 118 Å². The summed E-state index contributed by atoms with van der Waals surface area (Å²) in [4.78, 5) is 2.24. The van der Waals surface area contributed by atoms with Gasteiger partial charge in [-0.2, -0.15) is 8.78 Å². The molecule has 0 spiro atoms. The van der Waals surface area contributed by atoms with E-state index in [-0.39, 0.29) is 5.75 Å². The average molecular weight is 284 g/mol. The molecular formula is C15H22F2N2O. The van der Waals surface area contributed by atoms with Crippen molar-refractivity contribution in [3.63, 3.8) is 0 Å². The van der Waals surface area contributed by atoms with E-state index in [1.165, 1.54) is 0 Å². The normalized spacial score (nSPS) is 20.1. The van der Waals surface area contributed by atoms with Crippen LogP contribution in [-0.2, 0) is 6.54 Å². The zero-order valence-corrected chi connectivity index (χ0v) is 11.8. The monoisotopic (exact) mass is 284 g/mol. The molecular weight excluding hydrogens is 262 g/mol. The highest BCUT2D eigenvalue weighted by molar-refractivity contribution is 5.33. The maximum Gasteiger partial charge on any atom is 0.387 e. The maximum atomic E-state index is 12.4. The lowest BCUT2D eigenvalue weighted by molar-refractivity contribution is -0.0508. The number of benzene rings is 1. The molecule has 1 saturated heterocycles. The van der Waals surface area contributed by atoms with Gasteiger partial charge in [-0.15, -0.1) is 0 Å². The summed E-state index contributed by atoms with van der Waals surface area (Å²) >= 11 is 0. The van der Waals surface area contributed by atoms with Crippen molar-refractivity contribution in [1.82, 2.24) is 10.2 Å². The van der Waals surface area contributed by atoms with Gasteiger partial charge in [-0.1, -0.05) is 18.2 Å². The Hall–Kier alpha value is -1.20. The average Bonchev–Trinajstić information content (AvgIpc) is 2.69. The van der Waals surface area contributed by atoms with E-state index in [9.17, 15) is 8.78 Å². The number of alkyl halides is 2. The number of hydrogen-bond acceptors (Lipinski definition) is 3. The summed E-state index contributed by atoms with van der Waals surface area (Å²) in [6.07, 6.45) is 3.39. The number of nitrogens with one attached hydrogen (secondary N) is 1. The fraction of sp³-hybridized carbons (Fsp3) is 0.600. The molecule has 2 rings (SSSR count). The third kappa shape index (κ3) is 4.42. The first kappa shape index (κ1) is 15.2. The summed E-state index contributed by atoms with van der Waals surface area (Å²) in [5.41, 5.74) is 0.813. The standard InChI is InChI=1S/C15H22F2N2O/c1-19(13-6-4-9-18-10-8-13)11-12-5-2-3-7-14(12)20-15(16)17/h2-3,5,7,13,15,18H,4,6,8-11H2,1H3. The van der Waals surface area contributed by atoms with Gasteiger partial charge in [0.25, 0.3) is 0 Å². The van der Waals surface area contributed by atoms with E-state index >= 15 is 0 Å². The molecule has 1 N–H and O–H groups in total. The lowest BCUT2D eigenvalue weighted by Gasteiger charge is -2.27. The Morgan fingerprint density at radius 1 is 1.30 bits per heavy atom. The van der Waals surface area contributed by atoms with Gasteiger partial charge in [-0.05, 0) is 45.5 Å². The zero-order chi connectivity index (χ0) is 14.4. The van der Waals surface area contributed by atoms with Crippen molar-refractivity contribution >= 4 is 0 Å². The summed E-state index contributed by atoms with van der Waals surface area (Å²) in [5.74, 6) is 0.279. The second-order valence-electron chi connectivity index (χ2n) is 5.24. The molecule has 1 atom stereocenters. The molecule has 1 unspecified atom stereocenters. The van der Waals surface area contributed by atoms with Crippen molar-refractivity contribution in [1.29, 1.82) is 0 Å². The van der Waals surface area contributed by atoms with E-state index in [2.05, 4.69) is 22.0 Å². The van der Waals surface area contributed by atoms with Gasteiger partial charge >= 0.3 is 6.61 Å². The molecule has 1 aliphatic rings. The van der Waals surface area contributed by atoms with E-state index in [0.29, 0.717) is 12.6 Å². The van der Waals surface area contributed by atoms with Crippen LogP contribution in [0.15, 0.2) is 24.3 Å². The van der Waals surface area contributed by atoms with Gasteiger partial charge in [0.15, 0.2) is 0 Å². The fourth-order valence-corrected chi connectivity index (χ4v) is 2.68. The van der Waals surface area contributed by atoms with Crippen molar-refractivity contribution in [3.05, 3.63) is 29.8 Å². The van der Waals surface area contributed by atoms with Crippen molar-refractivity contribution < 1.29 is 13.5 Å². The maximum absolute atomic E-state index is 12.4. The third-order valence-electron chi connectivity index (χ3n) is 3.78. The molecule has 1 aromatic carbocycles. The Bertz CT molecular complexity index is 407. The number of para-hydroxylation sites is 1. The SMILES string of the molecule is CN(Cc1ccccc1OC(F)F)C1CCCNCC1. The largest absolute Gasteiger partial charge is 0.434 e. The first-order valence-electron chi connectivity index (χ1n) is 7.10. The highest BCUT2D eigenvalue weighted by Gasteiger charge is 2.18. The minimum atomic E-state index is -2.77. The van der Waals surface area contributed by atoms with Gasteiger partial charge in [0.1, 0.15) is 5.75 Å². The van der Waals surface area contributed by atoms with Crippen molar-refractivity contribution in [2.24, 2.45) is 0 Å². The summed E-state index contributed by atoms with van der Waals surface area (Å²) in [6.45, 7) is -0.0591. The summed E-state index contributed by atoms with van der Waals surface area (Å²) in [5, 5.41) is 3.38. The first-order chi connectivity index (χ1) is 9.66.